The predicted octanol–water partition coefficient (Wildman–Crippen LogP) is 1.69. The summed E-state index contributed by atoms with van der Waals surface area (Å²) < 4.78 is 17.5. The number of carbonyl (C=O) groups excluding carboxylic acids is 1. The number of hydrogen-bond donors (Lipinski definition) is 3. The van der Waals surface area contributed by atoms with Crippen molar-refractivity contribution in [3.8, 4) is 0 Å². The molecule has 1 amide bonds. The van der Waals surface area contributed by atoms with Gasteiger partial charge in [-0.2, -0.15) is 0 Å². The number of benzene rings is 1. The summed E-state index contributed by atoms with van der Waals surface area (Å²) in [6.07, 6.45) is -0.677. The maximum absolute atomic E-state index is 13.2. The molecule has 0 fully saturated rings. The summed E-state index contributed by atoms with van der Waals surface area (Å²) in [6, 6.07) is 4.60. The Hall–Kier alpha value is -1.89. The Balaban J connectivity index is 2.50. The smallest absolute Gasteiger partial charge is 0.425 e. The van der Waals surface area contributed by atoms with Crippen LogP contribution in [0.3, 0.4) is 0 Å². The number of anilines is 1. The van der Waals surface area contributed by atoms with E-state index in [0.29, 0.717) is 11.3 Å². The van der Waals surface area contributed by atoms with Gasteiger partial charge in [0.25, 0.3) is 0 Å². The van der Waals surface area contributed by atoms with Crippen molar-refractivity contribution in [2.75, 3.05) is 12.4 Å². The topological polar surface area (TPSA) is 62.4 Å². The lowest BCUT2D eigenvalue weighted by Gasteiger charge is -2.11. The van der Waals surface area contributed by atoms with E-state index in [4.69, 9.17) is 12.2 Å². The van der Waals surface area contributed by atoms with Gasteiger partial charge < -0.3 is 10.1 Å². The number of ether oxygens (including phenoxy) is 1. The van der Waals surface area contributed by atoms with E-state index in [9.17, 15) is 9.18 Å². The van der Waals surface area contributed by atoms with E-state index in [1.807, 2.05) is 0 Å². The summed E-state index contributed by atoms with van der Waals surface area (Å²) in [6.45, 7) is 1.66. The van der Waals surface area contributed by atoms with Gasteiger partial charge >= 0.3 is 6.09 Å². The van der Waals surface area contributed by atoms with Gasteiger partial charge in [-0.25, -0.2) is 14.6 Å². The zero-order chi connectivity index (χ0) is 12.8. The average Bonchev–Trinajstić information content (AvgIpc) is 2.31. The molecule has 0 heterocycles. The van der Waals surface area contributed by atoms with E-state index in [1.54, 1.807) is 19.1 Å². The molecule has 7 heteroatoms. The highest BCUT2D eigenvalue weighted by Crippen LogP contribution is 2.13. The molecule has 0 unspecified atom stereocenters. The number of aryl methyl sites for hydroxylation is 1. The lowest BCUT2D eigenvalue weighted by atomic mass is 10.2. The molecule has 5 nitrogen and oxygen atoms in total. The first-order valence-corrected chi connectivity index (χ1v) is 5.11. The van der Waals surface area contributed by atoms with Crippen LogP contribution in [0.25, 0.3) is 0 Å². The van der Waals surface area contributed by atoms with E-state index in [2.05, 4.69) is 20.9 Å². The molecule has 1 rings (SSSR count). The zero-order valence-electron chi connectivity index (χ0n) is 9.33. The monoisotopic (exact) mass is 257 g/mol. The van der Waals surface area contributed by atoms with Crippen molar-refractivity contribution in [3.63, 3.8) is 0 Å². The Morgan fingerprint density at radius 2 is 2.12 bits per heavy atom. The number of amides is 1. The van der Waals surface area contributed by atoms with Crippen molar-refractivity contribution in [1.29, 1.82) is 0 Å². The Kier molecular flexibility index (Phi) is 4.65. The minimum Gasteiger partial charge on any atom is -0.452 e. The standard InChI is InChI=1S/C10H12FN3O2S/c1-6-3-4-7(5-8(6)11)12-9(17)13-14-10(15)16-2/h3-5H,1-2H3,(H,14,15)(H2,12,13,17). The molecule has 0 radical (unpaired) electrons. The molecule has 3 N–H and O–H groups in total. The van der Waals surface area contributed by atoms with E-state index in [0.717, 1.165) is 0 Å². The van der Waals surface area contributed by atoms with E-state index < -0.39 is 6.09 Å². The van der Waals surface area contributed by atoms with Crippen LogP contribution in [0.15, 0.2) is 18.2 Å². The highest BCUT2D eigenvalue weighted by atomic mass is 32.1. The molecule has 0 saturated heterocycles. The molecule has 0 spiro atoms. The van der Waals surface area contributed by atoms with Gasteiger partial charge in [-0.05, 0) is 36.8 Å². The van der Waals surface area contributed by atoms with Crippen molar-refractivity contribution >= 4 is 29.1 Å². The van der Waals surface area contributed by atoms with Gasteiger partial charge in [-0.1, -0.05) is 6.07 Å². The average molecular weight is 257 g/mol. The summed E-state index contributed by atoms with van der Waals surface area (Å²) in [5.41, 5.74) is 5.59. The predicted molar refractivity (Wildman–Crippen MR) is 66.0 cm³/mol. The van der Waals surface area contributed by atoms with Crippen molar-refractivity contribution in [2.45, 2.75) is 6.92 Å². The molecular weight excluding hydrogens is 245 g/mol. The van der Waals surface area contributed by atoms with Gasteiger partial charge in [0.2, 0.25) is 0 Å². The Morgan fingerprint density at radius 1 is 1.41 bits per heavy atom. The van der Waals surface area contributed by atoms with Crippen molar-refractivity contribution in [3.05, 3.63) is 29.6 Å². The first-order valence-electron chi connectivity index (χ1n) is 4.70. The number of rotatable bonds is 1. The lowest BCUT2D eigenvalue weighted by Crippen LogP contribution is -2.43. The second-order valence-electron chi connectivity index (χ2n) is 3.16. The Labute approximate surface area is 103 Å². The van der Waals surface area contributed by atoms with Crippen molar-refractivity contribution in [1.82, 2.24) is 10.9 Å². The third-order valence-electron chi connectivity index (χ3n) is 1.89. The molecule has 17 heavy (non-hydrogen) atoms. The third kappa shape index (κ3) is 4.23. The van der Waals surface area contributed by atoms with Crippen LogP contribution in [0.4, 0.5) is 14.9 Å². The quantitative estimate of drug-likeness (QED) is 0.528. The van der Waals surface area contributed by atoms with Crippen LogP contribution in [0.5, 0.6) is 0 Å². The Bertz CT molecular complexity index is 440. The Morgan fingerprint density at radius 3 is 2.71 bits per heavy atom. The van der Waals surface area contributed by atoms with E-state index >= 15 is 0 Å². The fourth-order valence-electron chi connectivity index (χ4n) is 0.992. The minimum atomic E-state index is -0.677. The van der Waals surface area contributed by atoms with Crippen LogP contribution in [0.1, 0.15) is 5.56 Å². The summed E-state index contributed by atoms with van der Waals surface area (Å²) in [5, 5.41) is 2.82. The van der Waals surface area contributed by atoms with Crippen LogP contribution in [0, 0.1) is 12.7 Å². The molecule has 0 aromatic heterocycles. The first-order chi connectivity index (χ1) is 8.02. The van der Waals surface area contributed by atoms with Gasteiger partial charge in [0, 0.05) is 5.69 Å². The van der Waals surface area contributed by atoms with Crippen LogP contribution in [-0.4, -0.2) is 18.3 Å². The lowest BCUT2D eigenvalue weighted by molar-refractivity contribution is 0.169. The summed E-state index contributed by atoms with van der Waals surface area (Å²) in [4.78, 5) is 10.7. The van der Waals surface area contributed by atoms with Crippen LogP contribution in [0.2, 0.25) is 0 Å². The molecule has 0 atom stereocenters. The molecule has 1 aromatic rings. The molecule has 0 bridgehead atoms. The largest absolute Gasteiger partial charge is 0.452 e. The highest BCUT2D eigenvalue weighted by molar-refractivity contribution is 7.80. The minimum absolute atomic E-state index is 0.124. The van der Waals surface area contributed by atoms with E-state index in [1.165, 1.54) is 13.2 Å². The number of methoxy groups -OCH3 is 1. The van der Waals surface area contributed by atoms with Crippen LogP contribution in [-0.2, 0) is 4.74 Å². The molecule has 0 aliphatic heterocycles. The number of hydrazine groups is 1. The van der Waals surface area contributed by atoms with Crippen LogP contribution < -0.4 is 16.2 Å². The third-order valence-corrected chi connectivity index (χ3v) is 2.10. The van der Waals surface area contributed by atoms with Crippen molar-refractivity contribution in [2.24, 2.45) is 0 Å². The summed E-state index contributed by atoms with van der Waals surface area (Å²) in [5.74, 6) is -0.335. The maximum Gasteiger partial charge on any atom is 0.425 e. The molecule has 0 aliphatic carbocycles. The highest BCUT2D eigenvalue weighted by Gasteiger charge is 2.02. The van der Waals surface area contributed by atoms with E-state index in [-0.39, 0.29) is 10.9 Å². The normalized spacial score (nSPS) is 9.35. The van der Waals surface area contributed by atoms with Gasteiger partial charge in [0.15, 0.2) is 5.11 Å². The number of hydrogen-bond acceptors (Lipinski definition) is 3. The molecule has 92 valence electrons. The summed E-state index contributed by atoms with van der Waals surface area (Å²) >= 11 is 4.86. The fourth-order valence-corrected chi connectivity index (χ4v) is 1.16. The van der Waals surface area contributed by atoms with Gasteiger partial charge in [0.05, 0.1) is 7.11 Å². The van der Waals surface area contributed by atoms with Crippen molar-refractivity contribution < 1.29 is 13.9 Å². The first kappa shape index (κ1) is 13.2. The van der Waals surface area contributed by atoms with Gasteiger partial charge in [-0.3, -0.25) is 5.43 Å². The number of nitrogens with one attached hydrogen (secondary N) is 3. The fraction of sp³-hybridized carbons (Fsp3) is 0.200. The second-order valence-corrected chi connectivity index (χ2v) is 3.57. The molecule has 1 aromatic carbocycles. The SMILES string of the molecule is COC(=O)NNC(=S)Nc1ccc(C)c(F)c1. The molecular formula is C10H12FN3O2S. The maximum atomic E-state index is 13.2. The molecule has 0 saturated carbocycles. The number of thiocarbonyl (C=S) groups is 1. The second kappa shape index (κ2) is 6.00. The zero-order valence-corrected chi connectivity index (χ0v) is 10.2. The number of halogens is 1. The van der Waals surface area contributed by atoms with Gasteiger partial charge in [0.1, 0.15) is 5.82 Å². The molecule has 0 aliphatic rings. The number of carbonyl (C=O) groups is 1. The van der Waals surface area contributed by atoms with Gasteiger partial charge in [-0.15, -0.1) is 0 Å². The summed E-state index contributed by atoms with van der Waals surface area (Å²) in [7, 11) is 1.23. The van der Waals surface area contributed by atoms with Crippen LogP contribution >= 0.6 is 12.2 Å².